The van der Waals surface area contributed by atoms with Crippen molar-refractivity contribution in [1.29, 1.82) is 0 Å². The molecular weight excluding hydrogens is 222 g/mol. The van der Waals surface area contributed by atoms with Gasteiger partial charge in [-0.25, -0.2) is 4.98 Å². The molecule has 0 aromatic carbocycles. The Bertz CT molecular complexity index is 371. The first kappa shape index (κ1) is 13.2. The fraction of sp³-hybridized carbons (Fsp3) is 0.545. The number of carboxylic acid groups (broad SMARTS) is 1. The first-order valence-electron chi connectivity index (χ1n) is 5.60. The molecule has 94 valence electrons. The Morgan fingerprint density at radius 1 is 1.53 bits per heavy atom. The van der Waals surface area contributed by atoms with Crippen molar-refractivity contribution in [1.82, 2.24) is 9.97 Å². The average Bonchev–Trinajstić information content (AvgIpc) is 2.30. The molecule has 6 nitrogen and oxygen atoms in total. The maximum Gasteiger partial charge on any atom is 0.305 e. The molecule has 0 fully saturated rings. The van der Waals surface area contributed by atoms with Crippen LogP contribution in [0.25, 0.3) is 0 Å². The molecule has 1 aromatic heterocycles. The van der Waals surface area contributed by atoms with E-state index in [1.165, 1.54) is 0 Å². The highest BCUT2D eigenvalue weighted by atomic mass is 16.5. The number of hydrogen-bond acceptors (Lipinski definition) is 5. The Labute approximate surface area is 100 Å². The minimum atomic E-state index is -0.829. The van der Waals surface area contributed by atoms with Gasteiger partial charge in [-0.2, -0.15) is 4.98 Å². The van der Waals surface area contributed by atoms with Crippen molar-refractivity contribution in [3.63, 3.8) is 0 Å². The van der Waals surface area contributed by atoms with Crippen molar-refractivity contribution < 1.29 is 14.6 Å². The third-order valence-corrected chi connectivity index (χ3v) is 2.17. The molecule has 0 radical (unpaired) electrons. The highest BCUT2D eigenvalue weighted by Gasteiger charge is 2.10. The lowest BCUT2D eigenvalue weighted by atomic mass is 10.4. The number of aromatic nitrogens is 2. The van der Waals surface area contributed by atoms with Crippen molar-refractivity contribution in [2.75, 3.05) is 24.6 Å². The van der Waals surface area contributed by atoms with E-state index in [1.807, 2.05) is 13.8 Å². The summed E-state index contributed by atoms with van der Waals surface area (Å²) in [5.41, 5.74) is 0. The van der Waals surface area contributed by atoms with Crippen molar-refractivity contribution in [3.05, 3.63) is 12.3 Å². The highest BCUT2D eigenvalue weighted by molar-refractivity contribution is 5.67. The topological polar surface area (TPSA) is 75.5 Å². The summed E-state index contributed by atoms with van der Waals surface area (Å²) in [4.78, 5) is 20.7. The SMILES string of the molecule is CCOc1ccnc(N(CC)CCC(=O)O)n1. The summed E-state index contributed by atoms with van der Waals surface area (Å²) >= 11 is 0. The van der Waals surface area contributed by atoms with Gasteiger partial charge < -0.3 is 14.7 Å². The van der Waals surface area contributed by atoms with Crippen LogP contribution in [0.5, 0.6) is 5.88 Å². The van der Waals surface area contributed by atoms with E-state index in [2.05, 4.69) is 9.97 Å². The maximum absolute atomic E-state index is 10.5. The Kier molecular flexibility index (Phi) is 5.19. The summed E-state index contributed by atoms with van der Waals surface area (Å²) in [6, 6.07) is 1.68. The van der Waals surface area contributed by atoms with Crippen LogP contribution in [0.3, 0.4) is 0 Å². The van der Waals surface area contributed by atoms with E-state index in [-0.39, 0.29) is 6.42 Å². The number of carboxylic acids is 1. The minimum Gasteiger partial charge on any atom is -0.481 e. The Morgan fingerprint density at radius 3 is 2.88 bits per heavy atom. The third-order valence-electron chi connectivity index (χ3n) is 2.17. The molecule has 0 aliphatic rings. The smallest absolute Gasteiger partial charge is 0.305 e. The number of aliphatic carboxylic acids is 1. The normalized spacial score (nSPS) is 10.0. The van der Waals surface area contributed by atoms with Gasteiger partial charge in [0, 0.05) is 25.4 Å². The van der Waals surface area contributed by atoms with Crippen LogP contribution in [-0.4, -0.2) is 40.7 Å². The fourth-order valence-electron chi connectivity index (χ4n) is 1.34. The van der Waals surface area contributed by atoms with E-state index in [0.29, 0.717) is 31.5 Å². The lowest BCUT2D eigenvalue weighted by Crippen LogP contribution is -2.27. The van der Waals surface area contributed by atoms with Crippen LogP contribution in [-0.2, 0) is 4.79 Å². The van der Waals surface area contributed by atoms with Gasteiger partial charge >= 0.3 is 5.97 Å². The number of nitrogens with zero attached hydrogens (tertiary/aromatic N) is 3. The van der Waals surface area contributed by atoms with Gasteiger partial charge in [-0.1, -0.05) is 0 Å². The summed E-state index contributed by atoms with van der Waals surface area (Å²) in [6.07, 6.45) is 1.67. The number of hydrogen-bond donors (Lipinski definition) is 1. The maximum atomic E-state index is 10.5. The predicted molar refractivity (Wildman–Crippen MR) is 63.3 cm³/mol. The average molecular weight is 239 g/mol. The molecule has 6 heteroatoms. The van der Waals surface area contributed by atoms with Crippen LogP contribution in [0.2, 0.25) is 0 Å². The zero-order valence-corrected chi connectivity index (χ0v) is 10.1. The molecular formula is C11H17N3O3. The first-order valence-corrected chi connectivity index (χ1v) is 5.60. The predicted octanol–water partition coefficient (Wildman–Crippen LogP) is 1.18. The Hall–Kier alpha value is -1.85. The van der Waals surface area contributed by atoms with Crippen LogP contribution in [0.1, 0.15) is 20.3 Å². The standard InChI is InChI=1S/C11H17N3O3/c1-3-14(8-6-10(15)16)11-12-7-5-9(13-11)17-4-2/h5,7H,3-4,6,8H2,1-2H3,(H,15,16). The molecule has 1 rings (SSSR count). The first-order chi connectivity index (χ1) is 8.17. The summed E-state index contributed by atoms with van der Waals surface area (Å²) in [7, 11) is 0. The van der Waals surface area contributed by atoms with Gasteiger partial charge in [-0.05, 0) is 13.8 Å². The number of carbonyl (C=O) groups is 1. The summed E-state index contributed by atoms with van der Waals surface area (Å²) in [5, 5.41) is 8.65. The molecule has 0 saturated heterocycles. The molecule has 0 atom stereocenters. The highest BCUT2D eigenvalue weighted by Crippen LogP contribution is 2.12. The molecule has 0 aliphatic heterocycles. The van der Waals surface area contributed by atoms with Crippen molar-refractivity contribution >= 4 is 11.9 Å². The second-order valence-electron chi connectivity index (χ2n) is 3.35. The van der Waals surface area contributed by atoms with Crippen molar-refractivity contribution in [2.24, 2.45) is 0 Å². The monoisotopic (exact) mass is 239 g/mol. The molecule has 0 aliphatic carbocycles. The summed E-state index contributed by atoms with van der Waals surface area (Å²) in [6.45, 7) is 5.39. The van der Waals surface area contributed by atoms with Crippen LogP contribution in [0.15, 0.2) is 12.3 Å². The number of ether oxygens (including phenoxy) is 1. The van der Waals surface area contributed by atoms with E-state index >= 15 is 0 Å². The molecule has 0 bridgehead atoms. The summed E-state index contributed by atoms with van der Waals surface area (Å²) in [5.74, 6) is 0.176. The second-order valence-corrected chi connectivity index (χ2v) is 3.35. The van der Waals surface area contributed by atoms with Crippen LogP contribution in [0, 0.1) is 0 Å². The zero-order chi connectivity index (χ0) is 12.7. The van der Waals surface area contributed by atoms with E-state index in [4.69, 9.17) is 9.84 Å². The fourth-order valence-corrected chi connectivity index (χ4v) is 1.34. The van der Waals surface area contributed by atoms with Gasteiger partial charge in [-0.15, -0.1) is 0 Å². The van der Waals surface area contributed by atoms with Gasteiger partial charge in [-0.3, -0.25) is 4.79 Å². The quantitative estimate of drug-likeness (QED) is 0.770. The Morgan fingerprint density at radius 2 is 2.29 bits per heavy atom. The molecule has 1 aromatic rings. The number of anilines is 1. The van der Waals surface area contributed by atoms with Crippen LogP contribution >= 0.6 is 0 Å². The van der Waals surface area contributed by atoms with E-state index in [0.717, 1.165) is 0 Å². The van der Waals surface area contributed by atoms with Gasteiger partial charge in [0.05, 0.1) is 13.0 Å². The molecule has 0 saturated carbocycles. The Balaban J connectivity index is 2.73. The second kappa shape index (κ2) is 6.67. The lowest BCUT2D eigenvalue weighted by Gasteiger charge is -2.19. The zero-order valence-electron chi connectivity index (χ0n) is 10.1. The lowest BCUT2D eigenvalue weighted by molar-refractivity contribution is -0.136. The molecule has 0 unspecified atom stereocenters. The molecule has 1 N–H and O–H groups in total. The minimum absolute atomic E-state index is 0.0655. The molecule has 0 amide bonds. The van der Waals surface area contributed by atoms with Crippen molar-refractivity contribution in [2.45, 2.75) is 20.3 Å². The van der Waals surface area contributed by atoms with Crippen LogP contribution < -0.4 is 9.64 Å². The largest absolute Gasteiger partial charge is 0.481 e. The van der Waals surface area contributed by atoms with Crippen LogP contribution in [0.4, 0.5) is 5.95 Å². The van der Waals surface area contributed by atoms with E-state index in [1.54, 1.807) is 17.2 Å². The van der Waals surface area contributed by atoms with Gasteiger partial charge in [0.25, 0.3) is 0 Å². The summed E-state index contributed by atoms with van der Waals surface area (Å²) < 4.78 is 5.27. The van der Waals surface area contributed by atoms with Crippen molar-refractivity contribution in [3.8, 4) is 5.88 Å². The molecule has 17 heavy (non-hydrogen) atoms. The van der Waals surface area contributed by atoms with Gasteiger partial charge in [0.15, 0.2) is 0 Å². The van der Waals surface area contributed by atoms with E-state index < -0.39 is 5.97 Å². The van der Waals surface area contributed by atoms with E-state index in [9.17, 15) is 4.79 Å². The number of rotatable bonds is 7. The van der Waals surface area contributed by atoms with Gasteiger partial charge in [0.2, 0.25) is 11.8 Å². The van der Waals surface area contributed by atoms with Gasteiger partial charge in [0.1, 0.15) is 0 Å². The molecule has 1 heterocycles. The third kappa shape index (κ3) is 4.26. The molecule has 0 spiro atoms.